The maximum absolute atomic E-state index is 13.2. The summed E-state index contributed by atoms with van der Waals surface area (Å²) in [5, 5.41) is 0. The zero-order valence-corrected chi connectivity index (χ0v) is 8.97. The highest BCUT2D eigenvalue weighted by Gasteiger charge is 2.06. The quantitative estimate of drug-likeness (QED) is 0.694. The molecular weight excluding hydrogens is 217 g/mol. The van der Waals surface area contributed by atoms with E-state index < -0.39 is 0 Å². The summed E-state index contributed by atoms with van der Waals surface area (Å²) in [6.45, 7) is 0. The van der Waals surface area contributed by atoms with Crippen molar-refractivity contribution in [1.82, 2.24) is 9.38 Å². The zero-order valence-electron chi connectivity index (χ0n) is 8.97. The molecule has 0 aliphatic carbocycles. The largest absolute Gasteiger partial charge is 0.398 e. The van der Waals surface area contributed by atoms with Gasteiger partial charge >= 0.3 is 0 Å². The van der Waals surface area contributed by atoms with E-state index in [2.05, 4.69) is 4.98 Å². The predicted molar refractivity (Wildman–Crippen MR) is 65.0 cm³/mol. The van der Waals surface area contributed by atoms with Gasteiger partial charge in [0, 0.05) is 17.4 Å². The third kappa shape index (κ3) is 1.63. The van der Waals surface area contributed by atoms with Crippen molar-refractivity contribution >= 4 is 11.2 Å². The molecule has 3 nitrogen and oxygen atoms in total. The third-order valence-electron chi connectivity index (χ3n) is 2.63. The maximum Gasteiger partial charge on any atom is 0.144 e. The molecule has 1 aromatic carbocycles. The van der Waals surface area contributed by atoms with E-state index in [0.29, 0.717) is 11.5 Å². The lowest BCUT2D eigenvalue weighted by Gasteiger charge is -2.02. The van der Waals surface area contributed by atoms with Crippen LogP contribution in [0.25, 0.3) is 16.9 Å². The molecule has 0 radical (unpaired) electrons. The van der Waals surface area contributed by atoms with E-state index in [-0.39, 0.29) is 5.82 Å². The number of nitrogens with two attached hydrogens (primary N) is 1. The molecule has 0 aliphatic rings. The Morgan fingerprint density at radius 3 is 2.88 bits per heavy atom. The van der Waals surface area contributed by atoms with Crippen LogP contribution in [-0.2, 0) is 0 Å². The van der Waals surface area contributed by atoms with Crippen LogP contribution >= 0.6 is 0 Å². The van der Waals surface area contributed by atoms with Gasteiger partial charge in [0.2, 0.25) is 0 Å². The van der Waals surface area contributed by atoms with Crippen LogP contribution in [0.5, 0.6) is 0 Å². The second kappa shape index (κ2) is 3.59. The lowest BCUT2D eigenvalue weighted by molar-refractivity contribution is 0.628. The van der Waals surface area contributed by atoms with E-state index in [1.807, 2.05) is 22.6 Å². The topological polar surface area (TPSA) is 43.3 Å². The van der Waals surface area contributed by atoms with Gasteiger partial charge in [0.1, 0.15) is 11.6 Å². The molecule has 0 spiro atoms. The Kier molecular flexibility index (Phi) is 2.08. The fraction of sp³-hybridized carbons (Fsp3) is 0. The summed E-state index contributed by atoms with van der Waals surface area (Å²) in [5.74, 6) is 0.412. The first kappa shape index (κ1) is 9.84. The number of rotatable bonds is 1. The van der Waals surface area contributed by atoms with Crippen molar-refractivity contribution in [3.8, 4) is 11.4 Å². The Labute approximate surface area is 97.3 Å². The molecule has 84 valence electrons. The van der Waals surface area contributed by atoms with Crippen molar-refractivity contribution in [2.75, 3.05) is 5.73 Å². The number of benzene rings is 1. The number of halogens is 1. The molecule has 3 aromatic rings. The first-order valence-electron chi connectivity index (χ1n) is 5.22. The highest BCUT2D eigenvalue weighted by atomic mass is 19.1. The van der Waals surface area contributed by atoms with Gasteiger partial charge in [0.05, 0.1) is 11.7 Å². The molecule has 0 atom stereocenters. The fourth-order valence-corrected chi connectivity index (χ4v) is 1.85. The Balaban J connectivity index is 2.27. The molecule has 2 heterocycles. The standard InChI is InChI=1S/C13H10FN3/c14-10-3-1-2-9(6-10)13-16-7-12-5-4-11(15)8-17(12)13/h1-8H,15H2. The van der Waals surface area contributed by atoms with Crippen LogP contribution in [0.15, 0.2) is 48.8 Å². The third-order valence-corrected chi connectivity index (χ3v) is 2.63. The average Bonchev–Trinajstić information content (AvgIpc) is 2.71. The first-order valence-corrected chi connectivity index (χ1v) is 5.22. The second-order valence-electron chi connectivity index (χ2n) is 3.85. The highest BCUT2D eigenvalue weighted by molar-refractivity contribution is 5.64. The van der Waals surface area contributed by atoms with Gasteiger partial charge in [-0.3, -0.25) is 4.40 Å². The summed E-state index contributed by atoms with van der Waals surface area (Å²) in [5.41, 5.74) is 8.04. The second-order valence-corrected chi connectivity index (χ2v) is 3.85. The van der Waals surface area contributed by atoms with E-state index in [1.54, 1.807) is 18.5 Å². The van der Waals surface area contributed by atoms with Crippen molar-refractivity contribution < 1.29 is 4.39 Å². The SMILES string of the molecule is Nc1ccc2cnc(-c3cccc(F)c3)n2c1. The zero-order chi connectivity index (χ0) is 11.8. The maximum atomic E-state index is 13.2. The van der Waals surface area contributed by atoms with Gasteiger partial charge in [-0.05, 0) is 24.3 Å². The minimum absolute atomic E-state index is 0.275. The van der Waals surface area contributed by atoms with E-state index in [4.69, 9.17) is 5.73 Å². The van der Waals surface area contributed by atoms with Gasteiger partial charge in [-0.2, -0.15) is 0 Å². The number of fused-ring (bicyclic) bond motifs is 1. The summed E-state index contributed by atoms with van der Waals surface area (Å²) in [4.78, 5) is 4.29. The smallest absolute Gasteiger partial charge is 0.144 e. The summed E-state index contributed by atoms with van der Waals surface area (Å²) in [7, 11) is 0. The average molecular weight is 227 g/mol. The van der Waals surface area contributed by atoms with Gasteiger partial charge in [0.25, 0.3) is 0 Å². The molecule has 17 heavy (non-hydrogen) atoms. The molecule has 0 amide bonds. The number of imidazole rings is 1. The number of pyridine rings is 1. The summed E-state index contributed by atoms with van der Waals surface area (Å²) in [6.07, 6.45) is 3.52. The van der Waals surface area contributed by atoms with E-state index in [1.165, 1.54) is 12.1 Å². The number of aromatic nitrogens is 2. The number of nitrogens with zero attached hydrogens (tertiary/aromatic N) is 2. The number of nitrogen functional groups attached to an aromatic ring is 1. The van der Waals surface area contributed by atoms with Crippen molar-refractivity contribution in [2.45, 2.75) is 0 Å². The molecular formula is C13H10FN3. The summed E-state index contributed by atoms with van der Waals surface area (Å²) in [6, 6.07) is 10.0. The molecule has 3 rings (SSSR count). The van der Waals surface area contributed by atoms with Crippen LogP contribution in [0.2, 0.25) is 0 Å². The van der Waals surface area contributed by atoms with Crippen LogP contribution < -0.4 is 5.73 Å². The van der Waals surface area contributed by atoms with E-state index >= 15 is 0 Å². The normalized spacial score (nSPS) is 10.9. The molecule has 0 aliphatic heterocycles. The molecule has 4 heteroatoms. The van der Waals surface area contributed by atoms with Crippen LogP contribution in [0.1, 0.15) is 0 Å². The Bertz CT molecular complexity index is 688. The number of hydrogen-bond acceptors (Lipinski definition) is 2. The summed E-state index contributed by atoms with van der Waals surface area (Å²) >= 11 is 0. The highest BCUT2D eigenvalue weighted by Crippen LogP contribution is 2.21. The molecule has 0 unspecified atom stereocenters. The van der Waals surface area contributed by atoms with Crippen molar-refractivity contribution in [2.24, 2.45) is 0 Å². The minimum atomic E-state index is -0.275. The molecule has 0 saturated carbocycles. The monoisotopic (exact) mass is 227 g/mol. The van der Waals surface area contributed by atoms with Gasteiger partial charge in [0.15, 0.2) is 0 Å². The van der Waals surface area contributed by atoms with Gasteiger partial charge in [-0.15, -0.1) is 0 Å². The minimum Gasteiger partial charge on any atom is -0.398 e. The molecule has 2 N–H and O–H groups in total. The Morgan fingerprint density at radius 2 is 2.06 bits per heavy atom. The fourth-order valence-electron chi connectivity index (χ4n) is 1.85. The van der Waals surface area contributed by atoms with Crippen LogP contribution in [0.3, 0.4) is 0 Å². The van der Waals surface area contributed by atoms with Gasteiger partial charge in [-0.25, -0.2) is 9.37 Å². The molecule has 2 aromatic heterocycles. The number of hydrogen-bond donors (Lipinski definition) is 1. The van der Waals surface area contributed by atoms with Crippen molar-refractivity contribution in [3.05, 3.63) is 54.6 Å². The molecule has 0 saturated heterocycles. The molecule has 0 bridgehead atoms. The molecule has 0 fully saturated rings. The summed E-state index contributed by atoms with van der Waals surface area (Å²) < 4.78 is 15.0. The Hall–Kier alpha value is -2.36. The Morgan fingerprint density at radius 1 is 1.18 bits per heavy atom. The van der Waals surface area contributed by atoms with Crippen molar-refractivity contribution in [1.29, 1.82) is 0 Å². The van der Waals surface area contributed by atoms with Crippen molar-refractivity contribution in [3.63, 3.8) is 0 Å². The van der Waals surface area contributed by atoms with E-state index in [9.17, 15) is 4.39 Å². The predicted octanol–water partition coefficient (Wildman–Crippen LogP) is 2.72. The van der Waals surface area contributed by atoms with E-state index in [0.717, 1.165) is 11.1 Å². The van der Waals surface area contributed by atoms with Crippen LogP contribution in [-0.4, -0.2) is 9.38 Å². The van der Waals surface area contributed by atoms with Crippen LogP contribution in [0, 0.1) is 5.82 Å². The van der Waals surface area contributed by atoms with Gasteiger partial charge < -0.3 is 5.73 Å². The van der Waals surface area contributed by atoms with Crippen LogP contribution in [0.4, 0.5) is 10.1 Å². The van der Waals surface area contributed by atoms with Gasteiger partial charge in [-0.1, -0.05) is 12.1 Å². The lowest BCUT2D eigenvalue weighted by Crippen LogP contribution is -1.93. The first-order chi connectivity index (χ1) is 8.24. The lowest BCUT2D eigenvalue weighted by atomic mass is 10.2. The number of anilines is 1.